The van der Waals surface area contributed by atoms with Crippen molar-refractivity contribution in [3.63, 3.8) is 0 Å². The molecule has 0 unspecified atom stereocenters. The monoisotopic (exact) mass is 439 g/mol. The summed E-state index contributed by atoms with van der Waals surface area (Å²) in [6.07, 6.45) is 0.791. The summed E-state index contributed by atoms with van der Waals surface area (Å²) < 4.78 is 13.3. The van der Waals surface area contributed by atoms with Crippen LogP contribution in [0.3, 0.4) is 0 Å². The van der Waals surface area contributed by atoms with Gasteiger partial charge in [-0.25, -0.2) is 4.39 Å². The normalized spacial score (nSPS) is 10.6. The van der Waals surface area contributed by atoms with Crippen LogP contribution < -0.4 is 10.2 Å². The number of carbonyl (C=O) groups excluding carboxylic acids is 2. The summed E-state index contributed by atoms with van der Waals surface area (Å²) in [5.41, 5.74) is 2.99. The first kappa shape index (κ1) is 22.5. The fraction of sp³-hybridized carbons (Fsp3) is 0.250. The van der Waals surface area contributed by atoms with Crippen LogP contribution in [-0.2, 0) is 6.54 Å². The van der Waals surface area contributed by atoms with Gasteiger partial charge in [-0.3, -0.25) is 9.59 Å². The zero-order valence-electron chi connectivity index (χ0n) is 17.9. The van der Waals surface area contributed by atoms with Crippen LogP contribution in [0.15, 0.2) is 60.0 Å². The molecule has 7 heteroatoms. The molecule has 0 aliphatic rings. The lowest BCUT2D eigenvalue weighted by atomic mass is 10.1. The van der Waals surface area contributed by atoms with Crippen molar-refractivity contribution in [1.29, 1.82) is 0 Å². The maximum atomic E-state index is 13.3. The van der Waals surface area contributed by atoms with Crippen molar-refractivity contribution in [2.45, 2.75) is 19.9 Å². The molecule has 0 aliphatic carbocycles. The van der Waals surface area contributed by atoms with E-state index in [1.54, 1.807) is 11.0 Å². The largest absolute Gasteiger partial charge is 0.377 e. The van der Waals surface area contributed by atoms with Crippen molar-refractivity contribution >= 4 is 34.5 Å². The minimum absolute atomic E-state index is 0.153. The number of nitrogens with one attached hydrogen (secondary N) is 1. The van der Waals surface area contributed by atoms with Crippen molar-refractivity contribution in [2.75, 3.05) is 30.9 Å². The molecular weight excluding hydrogens is 413 g/mol. The number of thiophene rings is 1. The Morgan fingerprint density at radius 3 is 2.42 bits per heavy atom. The fourth-order valence-electron chi connectivity index (χ4n) is 3.33. The highest BCUT2D eigenvalue weighted by atomic mass is 32.1. The molecule has 2 amide bonds. The number of hydrogen-bond donors (Lipinski definition) is 1. The zero-order valence-corrected chi connectivity index (χ0v) is 18.7. The van der Waals surface area contributed by atoms with Gasteiger partial charge in [-0.05, 0) is 65.9 Å². The molecule has 2 aromatic carbocycles. The van der Waals surface area contributed by atoms with Crippen molar-refractivity contribution < 1.29 is 14.0 Å². The number of rotatable bonds is 8. The predicted molar refractivity (Wildman–Crippen MR) is 124 cm³/mol. The van der Waals surface area contributed by atoms with Crippen molar-refractivity contribution in [2.24, 2.45) is 0 Å². The van der Waals surface area contributed by atoms with E-state index in [2.05, 4.69) is 5.32 Å². The Balaban J connectivity index is 1.87. The lowest BCUT2D eigenvalue weighted by Crippen LogP contribution is -2.32. The third kappa shape index (κ3) is 5.70. The number of amides is 2. The summed E-state index contributed by atoms with van der Waals surface area (Å²) >= 11 is 1.38. The van der Waals surface area contributed by atoms with Crippen LogP contribution in [-0.4, -0.2) is 37.4 Å². The standard InChI is InChI=1S/C24H26FN3O2S/c1-4-13-28(24(30)17-7-9-19(25)10-8-17)16-18-15-20(11-12-21(18)27(2)3)26-23(29)22-6-5-14-31-22/h5-12,14-15H,4,13,16H2,1-3H3,(H,26,29). The number of anilines is 2. The Kier molecular flexibility index (Phi) is 7.41. The zero-order chi connectivity index (χ0) is 22.4. The number of hydrogen-bond acceptors (Lipinski definition) is 4. The molecule has 0 saturated carbocycles. The molecule has 1 aromatic heterocycles. The van der Waals surface area contributed by atoms with E-state index < -0.39 is 0 Å². The molecule has 3 rings (SSSR count). The minimum atomic E-state index is -0.373. The fourth-order valence-corrected chi connectivity index (χ4v) is 3.95. The second-order valence-corrected chi connectivity index (χ2v) is 8.35. The number of nitrogens with zero attached hydrogens (tertiary/aromatic N) is 2. The number of halogens is 1. The van der Waals surface area contributed by atoms with E-state index in [0.717, 1.165) is 17.7 Å². The summed E-state index contributed by atoms with van der Waals surface area (Å²) in [5.74, 6) is -0.686. The van der Waals surface area contributed by atoms with Gasteiger partial charge < -0.3 is 15.1 Å². The third-order valence-corrected chi connectivity index (χ3v) is 5.67. The molecule has 3 aromatic rings. The van der Waals surface area contributed by atoms with Gasteiger partial charge in [0.15, 0.2) is 0 Å². The molecule has 31 heavy (non-hydrogen) atoms. The smallest absolute Gasteiger partial charge is 0.265 e. The van der Waals surface area contributed by atoms with Gasteiger partial charge in [-0.2, -0.15) is 0 Å². The average Bonchev–Trinajstić information content (AvgIpc) is 3.28. The first-order valence-electron chi connectivity index (χ1n) is 10.1. The van der Waals surface area contributed by atoms with Crippen LogP contribution in [0.25, 0.3) is 0 Å². The first-order chi connectivity index (χ1) is 14.9. The van der Waals surface area contributed by atoms with Crippen LogP contribution >= 0.6 is 11.3 Å². The number of carbonyl (C=O) groups is 2. The third-order valence-electron chi connectivity index (χ3n) is 4.80. The van der Waals surface area contributed by atoms with Crippen LogP contribution in [0.2, 0.25) is 0 Å². The lowest BCUT2D eigenvalue weighted by Gasteiger charge is -2.26. The lowest BCUT2D eigenvalue weighted by molar-refractivity contribution is 0.0743. The molecule has 162 valence electrons. The second-order valence-electron chi connectivity index (χ2n) is 7.40. The predicted octanol–water partition coefficient (Wildman–Crippen LogP) is 5.26. The van der Waals surface area contributed by atoms with Crippen LogP contribution in [0.4, 0.5) is 15.8 Å². The van der Waals surface area contributed by atoms with E-state index in [4.69, 9.17) is 0 Å². The van der Waals surface area contributed by atoms with Gasteiger partial charge in [0.2, 0.25) is 0 Å². The van der Waals surface area contributed by atoms with Crippen molar-refractivity contribution in [1.82, 2.24) is 4.90 Å². The Morgan fingerprint density at radius 2 is 1.81 bits per heavy atom. The van der Waals surface area contributed by atoms with Gasteiger partial charge in [0, 0.05) is 44.1 Å². The summed E-state index contributed by atoms with van der Waals surface area (Å²) in [7, 11) is 3.88. The van der Waals surface area contributed by atoms with Crippen molar-refractivity contribution in [3.8, 4) is 0 Å². The quantitative estimate of drug-likeness (QED) is 0.521. The molecule has 0 saturated heterocycles. The molecule has 5 nitrogen and oxygen atoms in total. The molecule has 1 heterocycles. The summed E-state index contributed by atoms with van der Waals surface area (Å²) in [4.78, 5) is 29.9. The van der Waals surface area contributed by atoms with Crippen LogP contribution in [0.1, 0.15) is 38.9 Å². The van der Waals surface area contributed by atoms with Crippen molar-refractivity contribution in [3.05, 3.63) is 81.8 Å². The summed E-state index contributed by atoms with van der Waals surface area (Å²) in [6.45, 7) is 2.95. The SMILES string of the molecule is CCCN(Cc1cc(NC(=O)c2cccs2)ccc1N(C)C)C(=O)c1ccc(F)cc1. The maximum Gasteiger partial charge on any atom is 0.265 e. The Hall–Kier alpha value is -3.19. The van der Waals surface area contributed by atoms with E-state index >= 15 is 0 Å². The molecule has 1 N–H and O–H groups in total. The number of benzene rings is 2. The second kappa shape index (κ2) is 10.2. The van der Waals surface area contributed by atoms with Gasteiger partial charge in [0.05, 0.1) is 4.88 Å². The van der Waals surface area contributed by atoms with Gasteiger partial charge in [0.25, 0.3) is 11.8 Å². The summed E-state index contributed by atoms with van der Waals surface area (Å²) in [6, 6.07) is 14.9. The highest BCUT2D eigenvalue weighted by Crippen LogP contribution is 2.26. The molecule has 0 aliphatic heterocycles. The van der Waals surface area contributed by atoms with E-state index in [1.807, 2.05) is 55.6 Å². The van der Waals surface area contributed by atoms with E-state index in [9.17, 15) is 14.0 Å². The van der Waals surface area contributed by atoms with Gasteiger partial charge >= 0.3 is 0 Å². The molecule has 0 spiro atoms. The van der Waals surface area contributed by atoms with Gasteiger partial charge in [-0.1, -0.05) is 13.0 Å². The van der Waals surface area contributed by atoms with Crippen LogP contribution in [0.5, 0.6) is 0 Å². The average molecular weight is 440 g/mol. The van der Waals surface area contributed by atoms with E-state index in [0.29, 0.717) is 29.2 Å². The van der Waals surface area contributed by atoms with E-state index in [-0.39, 0.29) is 17.6 Å². The van der Waals surface area contributed by atoms with Gasteiger partial charge in [-0.15, -0.1) is 11.3 Å². The molecule has 0 bridgehead atoms. The molecule has 0 radical (unpaired) electrons. The van der Waals surface area contributed by atoms with Gasteiger partial charge in [0.1, 0.15) is 5.82 Å². The highest BCUT2D eigenvalue weighted by molar-refractivity contribution is 7.12. The van der Waals surface area contributed by atoms with E-state index in [1.165, 1.54) is 35.6 Å². The molecular formula is C24H26FN3O2S. The highest BCUT2D eigenvalue weighted by Gasteiger charge is 2.18. The first-order valence-corrected chi connectivity index (χ1v) is 11.0. The maximum absolute atomic E-state index is 13.3. The Morgan fingerprint density at radius 1 is 1.06 bits per heavy atom. The Bertz CT molecular complexity index is 1030. The minimum Gasteiger partial charge on any atom is -0.377 e. The van der Waals surface area contributed by atoms with Crippen LogP contribution in [0, 0.1) is 5.82 Å². The topological polar surface area (TPSA) is 52.7 Å². The summed E-state index contributed by atoms with van der Waals surface area (Å²) in [5, 5.41) is 4.79. The molecule has 0 atom stereocenters. The molecule has 0 fully saturated rings. The Labute approximate surface area is 186 Å².